The van der Waals surface area contributed by atoms with Gasteiger partial charge in [0.15, 0.2) is 0 Å². The molecule has 1 aliphatic carbocycles. The normalized spacial score (nSPS) is 23.5. The van der Waals surface area contributed by atoms with Crippen molar-refractivity contribution < 1.29 is 4.74 Å². The van der Waals surface area contributed by atoms with Gasteiger partial charge in [-0.25, -0.2) is 4.68 Å². The van der Waals surface area contributed by atoms with Gasteiger partial charge in [0.1, 0.15) is 5.82 Å². The lowest BCUT2D eigenvalue weighted by molar-refractivity contribution is 0.108. The molecular formula is C13H24N4O. The zero-order valence-electron chi connectivity index (χ0n) is 11.6. The van der Waals surface area contributed by atoms with Gasteiger partial charge in [-0.3, -0.25) is 0 Å². The molecule has 1 aromatic heterocycles. The summed E-state index contributed by atoms with van der Waals surface area (Å²) in [4.78, 5) is 0. The molecule has 0 aromatic carbocycles. The van der Waals surface area contributed by atoms with Gasteiger partial charge in [-0.1, -0.05) is 6.92 Å². The quantitative estimate of drug-likeness (QED) is 0.843. The minimum absolute atomic E-state index is 0.382. The van der Waals surface area contributed by atoms with Crippen molar-refractivity contribution in [3.63, 3.8) is 0 Å². The first-order valence-electron chi connectivity index (χ1n) is 6.77. The Kier molecular flexibility index (Phi) is 4.11. The van der Waals surface area contributed by atoms with E-state index < -0.39 is 0 Å². The van der Waals surface area contributed by atoms with Gasteiger partial charge in [-0.2, -0.15) is 5.10 Å². The maximum absolute atomic E-state index is 6.10. The van der Waals surface area contributed by atoms with Crippen LogP contribution in [0.4, 0.5) is 11.5 Å². The first-order valence-corrected chi connectivity index (χ1v) is 6.77. The van der Waals surface area contributed by atoms with Crippen molar-refractivity contribution in [1.82, 2.24) is 9.78 Å². The fraction of sp³-hybridized carbons (Fsp3) is 0.769. The van der Waals surface area contributed by atoms with Crippen molar-refractivity contribution >= 4 is 11.5 Å². The minimum atomic E-state index is 0.382. The minimum Gasteiger partial charge on any atom is -0.394 e. The molecule has 0 bridgehead atoms. The number of rotatable bonds is 5. The van der Waals surface area contributed by atoms with Crippen LogP contribution in [0.5, 0.6) is 0 Å². The van der Waals surface area contributed by atoms with Crippen molar-refractivity contribution in [1.29, 1.82) is 0 Å². The van der Waals surface area contributed by atoms with Crippen LogP contribution >= 0.6 is 0 Å². The Morgan fingerprint density at radius 1 is 1.50 bits per heavy atom. The second-order valence-electron chi connectivity index (χ2n) is 5.08. The molecule has 5 nitrogen and oxygen atoms in total. The molecule has 2 rings (SSSR count). The molecule has 3 N–H and O–H groups in total. The molecule has 1 aliphatic rings. The number of methoxy groups -OCH3 is 1. The molecule has 2 unspecified atom stereocenters. The number of aromatic nitrogens is 2. The Morgan fingerprint density at radius 3 is 2.89 bits per heavy atom. The highest BCUT2D eigenvalue weighted by atomic mass is 16.5. The Morgan fingerprint density at radius 2 is 2.28 bits per heavy atom. The highest BCUT2D eigenvalue weighted by molar-refractivity contribution is 5.65. The maximum atomic E-state index is 6.10. The number of ether oxygens (including phenoxy) is 1. The van der Waals surface area contributed by atoms with E-state index in [9.17, 15) is 0 Å². The topological polar surface area (TPSA) is 65.1 Å². The molecule has 5 heteroatoms. The molecule has 1 heterocycles. The summed E-state index contributed by atoms with van der Waals surface area (Å²) in [7, 11) is 1.78. The van der Waals surface area contributed by atoms with Gasteiger partial charge in [0, 0.05) is 19.7 Å². The van der Waals surface area contributed by atoms with Gasteiger partial charge in [0.2, 0.25) is 0 Å². The van der Waals surface area contributed by atoms with Crippen LogP contribution in [0.2, 0.25) is 0 Å². The zero-order valence-corrected chi connectivity index (χ0v) is 11.6. The second kappa shape index (κ2) is 5.61. The van der Waals surface area contributed by atoms with E-state index in [-0.39, 0.29) is 0 Å². The lowest BCUT2D eigenvalue weighted by Crippen LogP contribution is -2.20. The summed E-state index contributed by atoms with van der Waals surface area (Å²) >= 11 is 0. The Labute approximate surface area is 109 Å². The van der Waals surface area contributed by atoms with Crippen molar-refractivity contribution in [2.45, 2.75) is 58.2 Å². The smallest absolute Gasteiger partial charge is 0.148 e. The lowest BCUT2D eigenvalue weighted by atomic mass is 10.2. The molecule has 0 amide bonds. The number of aryl methyl sites for hydroxylation is 2. The van der Waals surface area contributed by atoms with Crippen molar-refractivity contribution in [3.05, 3.63) is 5.69 Å². The van der Waals surface area contributed by atoms with E-state index >= 15 is 0 Å². The number of nitrogen functional groups attached to an aromatic ring is 1. The second-order valence-corrected chi connectivity index (χ2v) is 5.08. The number of hydrogen-bond acceptors (Lipinski definition) is 4. The van der Waals surface area contributed by atoms with Crippen LogP contribution in [-0.4, -0.2) is 29.0 Å². The Balaban J connectivity index is 2.08. The molecule has 1 fully saturated rings. The van der Waals surface area contributed by atoms with E-state index in [0.717, 1.165) is 49.4 Å². The summed E-state index contributed by atoms with van der Waals surface area (Å²) in [5.41, 5.74) is 7.79. The third kappa shape index (κ3) is 2.61. The predicted octanol–water partition coefficient (Wildman–Crippen LogP) is 2.16. The summed E-state index contributed by atoms with van der Waals surface area (Å²) in [6.45, 7) is 5.01. The third-order valence-electron chi connectivity index (χ3n) is 3.67. The molecule has 0 radical (unpaired) electrons. The van der Waals surface area contributed by atoms with Gasteiger partial charge in [-0.15, -0.1) is 0 Å². The average molecular weight is 252 g/mol. The summed E-state index contributed by atoms with van der Waals surface area (Å²) in [6, 6.07) is 0.448. The van der Waals surface area contributed by atoms with Crippen LogP contribution in [0, 0.1) is 6.92 Å². The molecule has 0 saturated heterocycles. The summed E-state index contributed by atoms with van der Waals surface area (Å²) < 4.78 is 7.39. The Bertz CT molecular complexity index is 402. The molecule has 18 heavy (non-hydrogen) atoms. The van der Waals surface area contributed by atoms with E-state index in [1.807, 2.05) is 11.6 Å². The van der Waals surface area contributed by atoms with Crippen molar-refractivity contribution in [2.75, 3.05) is 18.2 Å². The highest BCUT2D eigenvalue weighted by Gasteiger charge is 2.26. The monoisotopic (exact) mass is 252 g/mol. The number of nitrogens with zero attached hydrogens (tertiary/aromatic N) is 2. The van der Waals surface area contributed by atoms with Crippen LogP contribution in [-0.2, 0) is 11.3 Å². The summed E-state index contributed by atoms with van der Waals surface area (Å²) in [5.74, 6) is 0.983. The van der Waals surface area contributed by atoms with Crippen LogP contribution in [0.15, 0.2) is 0 Å². The number of nitrogens with two attached hydrogens (primary N) is 1. The molecular weight excluding hydrogens is 228 g/mol. The number of anilines is 2. The van der Waals surface area contributed by atoms with E-state index in [4.69, 9.17) is 10.5 Å². The third-order valence-corrected chi connectivity index (χ3v) is 3.67. The molecule has 0 aliphatic heterocycles. The van der Waals surface area contributed by atoms with Gasteiger partial charge in [-0.05, 0) is 32.6 Å². The number of hydrogen-bond donors (Lipinski definition) is 2. The van der Waals surface area contributed by atoms with Crippen molar-refractivity contribution in [3.8, 4) is 0 Å². The molecule has 2 atom stereocenters. The molecule has 0 spiro atoms. The highest BCUT2D eigenvalue weighted by Crippen LogP contribution is 2.29. The van der Waals surface area contributed by atoms with Crippen LogP contribution in [0.25, 0.3) is 0 Å². The fourth-order valence-electron chi connectivity index (χ4n) is 2.60. The van der Waals surface area contributed by atoms with Gasteiger partial charge in [0.25, 0.3) is 0 Å². The van der Waals surface area contributed by atoms with Gasteiger partial charge in [0.05, 0.1) is 17.5 Å². The van der Waals surface area contributed by atoms with Gasteiger partial charge >= 0.3 is 0 Å². The van der Waals surface area contributed by atoms with E-state index in [0.29, 0.717) is 12.1 Å². The SMILES string of the molecule is CCCn1nc(C)c(N)c1NC1CCC(OC)C1. The standard InChI is InChI=1S/C13H24N4O/c1-4-7-17-13(12(14)9(2)16-17)15-10-5-6-11(8-10)18-3/h10-11,15H,4-8,14H2,1-3H3. The summed E-state index contributed by atoms with van der Waals surface area (Å²) in [6.07, 6.45) is 4.74. The van der Waals surface area contributed by atoms with Gasteiger partial charge < -0.3 is 15.8 Å². The van der Waals surface area contributed by atoms with Crippen molar-refractivity contribution in [2.24, 2.45) is 0 Å². The fourth-order valence-corrected chi connectivity index (χ4v) is 2.60. The predicted molar refractivity (Wildman–Crippen MR) is 73.7 cm³/mol. The van der Waals surface area contributed by atoms with E-state index in [2.05, 4.69) is 17.3 Å². The zero-order chi connectivity index (χ0) is 13.1. The first-order chi connectivity index (χ1) is 8.65. The largest absolute Gasteiger partial charge is 0.394 e. The van der Waals surface area contributed by atoms with E-state index in [1.54, 1.807) is 7.11 Å². The lowest BCUT2D eigenvalue weighted by Gasteiger charge is -2.16. The molecule has 102 valence electrons. The van der Waals surface area contributed by atoms with Crippen LogP contribution in [0.3, 0.4) is 0 Å². The molecule has 1 aromatic rings. The van der Waals surface area contributed by atoms with E-state index in [1.165, 1.54) is 0 Å². The summed E-state index contributed by atoms with van der Waals surface area (Å²) in [5, 5.41) is 8.02. The Hall–Kier alpha value is -1.23. The van der Waals surface area contributed by atoms with Crippen LogP contribution < -0.4 is 11.1 Å². The van der Waals surface area contributed by atoms with Crippen LogP contribution in [0.1, 0.15) is 38.3 Å². The maximum Gasteiger partial charge on any atom is 0.148 e. The number of nitrogens with one attached hydrogen (secondary N) is 1. The first kappa shape index (κ1) is 13.2. The molecule has 1 saturated carbocycles. The average Bonchev–Trinajstić information content (AvgIpc) is 2.91.